The van der Waals surface area contributed by atoms with Gasteiger partial charge in [-0.3, -0.25) is 0 Å². The van der Waals surface area contributed by atoms with E-state index in [1.807, 2.05) is 6.92 Å². The van der Waals surface area contributed by atoms with E-state index in [1.54, 1.807) is 0 Å². The summed E-state index contributed by atoms with van der Waals surface area (Å²) in [6.07, 6.45) is 6.68. The van der Waals surface area contributed by atoms with E-state index < -0.39 is 0 Å². The van der Waals surface area contributed by atoms with Gasteiger partial charge in [-0.15, -0.1) is 0 Å². The summed E-state index contributed by atoms with van der Waals surface area (Å²) in [5.74, 6) is 0.674. The van der Waals surface area contributed by atoms with Gasteiger partial charge in [0.1, 0.15) is 0 Å². The van der Waals surface area contributed by atoms with E-state index in [4.69, 9.17) is 10.5 Å². The molecule has 0 aromatic rings. The van der Waals surface area contributed by atoms with Crippen LogP contribution in [0, 0.1) is 5.92 Å². The summed E-state index contributed by atoms with van der Waals surface area (Å²) < 4.78 is 5.43. The standard InChI is InChI=1S/C11H23NO/c1-3-13-9-11(2,12)10-7-5-4-6-8-10/h10H,3-9,12H2,1-2H3. The van der Waals surface area contributed by atoms with Crippen LogP contribution < -0.4 is 5.73 Å². The zero-order valence-electron chi connectivity index (χ0n) is 9.01. The fraction of sp³-hybridized carbons (Fsp3) is 1.00. The molecule has 1 aliphatic rings. The minimum absolute atomic E-state index is 0.101. The largest absolute Gasteiger partial charge is 0.380 e. The molecule has 2 N–H and O–H groups in total. The third kappa shape index (κ3) is 3.28. The smallest absolute Gasteiger partial charge is 0.0646 e. The van der Waals surface area contributed by atoms with Crippen LogP contribution in [-0.2, 0) is 4.74 Å². The van der Waals surface area contributed by atoms with Gasteiger partial charge in [0, 0.05) is 12.1 Å². The minimum Gasteiger partial charge on any atom is -0.380 e. The molecule has 2 nitrogen and oxygen atoms in total. The fourth-order valence-electron chi connectivity index (χ4n) is 2.20. The topological polar surface area (TPSA) is 35.2 Å². The highest BCUT2D eigenvalue weighted by atomic mass is 16.5. The van der Waals surface area contributed by atoms with Crippen molar-refractivity contribution in [1.82, 2.24) is 0 Å². The van der Waals surface area contributed by atoms with E-state index in [1.165, 1.54) is 32.1 Å². The predicted molar refractivity (Wildman–Crippen MR) is 55.7 cm³/mol. The molecule has 1 saturated carbocycles. The molecule has 1 unspecified atom stereocenters. The molecule has 0 amide bonds. The highest BCUT2D eigenvalue weighted by Gasteiger charge is 2.31. The molecule has 78 valence electrons. The molecule has 0 aromatic heterocycles. The summed E-state index contributed by atoms with van der Waals surface area (Å²) in [6, 6.07) is 0. The molecule has 13 heavy (non-hydrogen) atoms. The van der Waals surface area contributed by atoms with Crippen LogP contribution in [0.15, 0.2) is 0 Å². The first-order valence-corrected chi connectivity index (χ1v) is 5.53. The van der Waals surface area contributed by atoms with Crippen LogP contribution in [0.4, 0.5) is 0 Å². The average Bonchev–Trinajstić information content (AvgIpc) is 2.16. The lowest BCUT2D eigenvalue weighted by molar-refractivity contribution is 0.0630. The van der Waals surface area contributed by atoms with Crippen molar-refractivity contribution in [2.24, 2.45) is 11.7 Å². The van der Waals surface area contributed by atoms with Gasteiger partial charge in [0.05, 0.1) is 6.61 Å². The first kappa shape index (κ1) is 11.0. The second kappa shape index (κ2) is 4.97. The molecule has 2 heteroatoms. The second-order valence-corrected chi connectivity index (χ2v) is 4.48. The lowest BCUT2D eigenvalue weighted by Crippen LogP contribution is -2.49. The van der Waals surface area contributed by atoms with Crippen molar-refractivity contribution in [2.45, 2.75) is 51.5 Å². The van der Waals surface area contributed by atoms with E-state index in [-0.39, 0.29) is 5.54 Å². The van der Waals surface area contributed by atoms with Crippen LogP contribution in [0.2, 0.25) is 0 Å². The van der Waals surface area contributed by atoms with Crippen molar-refractivity contribution in [3.63, 3.8) is 0 Å². The van der Waals surface area contributed by atoms with Crippen LogP contribution in [-0.4, -0.2) is 18.8 Å². The Labute approximate surface area is 81.8 Å². The van der Waals surface area contributed by atoms with Crippen LogP contribution in [0.5, 0.6) is 0 Å². The van der Waals surface area contributed by atoms with E-state index in [0.717, 1.165) is 6.61 Å². The van der Waals surface area contributed by atoms with Gasteiger partial charge in [-0.05, 0) is 32.6 Å². The normalized spacial score (nSPS) is 24.2. The van der Waals surface area contributed by atoms with Gasteiger partial charge in [0.15, 0.2) is 0 Å². The van der Waals surface area contributed by atoms with Crippen molar-refractivity contribution < 1.29 is 4.74 Å². The summed E-state index contributed by atoms with van der Waals surface area (Å²) in [7, 11) is 0. The van der Waals surface area contributed by atoms with Crippen LogP contribution in [0.25, 0.3) is 0 Å². The Morgan fingerprint density at radius 3 is 2.46 bits per heavy atom. The molecule has 1 fully saturated rings. The third-order valence-corrected chi connectivity index (χ3v) is 3.15. The molecule has 0 radical (unpaired) electrons. The van der Waals surface area contributed by atoms with Gasteiger partial charge in [-0.2, -0.15) is 0 Å². The number of ether oxygens (including phenoxy) is 1. The lowest BCUT2D eigenvalue weighted by atomic mass is 9.77. The quantitative estimate of drug-likeness (QED) is 0.729. The van der Waals surface area contributed by atoms with Gasteiger partial charge >= 0.3 is 0 Å². The summed E-state index contributed by atoms with van der Waals surface area (Å²) in [5.41, 5.74) is 6.15. The highest BCUT2D eigenvalue weighted by Crippen LogP contribution is 2.31. The van der Waals surface area contributed by atoms with Crippen LogP contribution in [0.1, 0.15) is 46.0 Å². The summed E-state index contributed by atoms with van der Waals surface area (Å²) >= 11 is 0. The maximum Gasteiger partial charge on any atom is 0.0646 e. The van der Waals surface area contributed by atoms with Crippen LogP contribution >= 0.6 is 0 Å². The first-order chi connectivity index (χ1) is 6.17. The number of nitrogens with two attached hydrogens (primary N) is 1. The lowest BCUT2D eigenvalue weighted by Gasteiger charge is -2.36. The van der Waals surface area contributed by atoms with Crippen LogP contribution in [0.3, 0.4) is 0 Å². The van der Waals surface area contributed by atoms with Crippen molar-refractivity contribution in [1.29, 1.82) is 0 Å². The van der Waals surface area contributed by atoms with Crippen molar-refractivity contribution in [2.75, 3.05) is 13.2 Å². The summed E-state index contributed by atoms with van der Waals surface area (Å²) in [4.78, 5) is 0. The zero-order chi connectivity index (χ0) is 9.73. The molecule has 0 heterocycles. The van der Waals surface area contributed by atoms with Crippen molar-refractivity contribution in [3.8, 4) is 0 Å². The van der Waals surface area contributed by atoms with E-state index in [2.05, 4.69) is 6.92 Å². The summed E-state index contributed by atoms with van der Waals surface area (Å²) in [6.45, 7) is 5.66. The van der Waals surface area contributed by atoms with E-state index >= 15 is 0 Å². The molecular weight excluding hydrogens is 162 g/mol. The molecule has 0 aliphatic heterocycles. The van der Waals surface area contributed by atoms with Gasteiger partial charge in [0.25, 0.3) is 0 Å². The zero-order valence-corrected chi connectivity index (χ0v) is 9.01. The molecule has 0 aromatic carbocycles. The molecule has 0 bridgehead atoms. The number of hydrogen-bond donors (Lipinski definition) is 1. The Morgan fingerprint density at radius 1 is 1.31 bits per heavy atom. The Bertz CT molecular complexity index is 139. The van der Waals surface area contributed by atoms with Gasteiger partial charge in [0.2, 0.25) is 0 Å². The van der Waals surface area contributed by atoms with Crippen molar-refractivity contribution >= 4 is 0 Å². The van der Waals surface area contributed by atoms with Crippen molar-refractivity contribution in [3.05, 3.63) is 0 Å². The molecule has 1 aliphatic carbocycles. The molecule has 1 atom stereocenters. The van der Waals surface area contributed by atoms with Gasteiger partial charge in [-0.25, -0.2) is 0 Å². The maximum atomic E-state index is 6.25. The Hall–Kier alpha value is -0.0800. The molecular formula is C11H23NO. The second-order valence-electron chi connectivity index (χ2n) is 4.48. The Kier molecular flexibility index (Phi) is 4.20. The fourth-order valence-corrected chi connectivity index (χ4v) is 2.20. The summed E-state index contributed by atoms with van der Waals surface area (Å²) in [5, 5.41) is 0. The highest BCUT2D eigenvalue weighted by molar-refractivity contribution is 4.88. The first-order valence-electron chi connectivity index (χ1n) is 5.53. The molecule has 0 spiro atoms. The molecule has 1 rings (SSSR count). The van der Waals surface area contributed by atoms with E-state index in [9.17, 15) is 0 Å². The number of rotatable bonds is 4. The van der Waals surface area contributed by atoms with Gasteiger partial charge < -0.3 is 10.5 Å². The maximum absolute atomic E-state index is 6.25. The monoisotopic (exact) mass is 185 g/mol. The Balaban J connectivity index is 2.36. The number of hydrogen-bond acceptors (Lipinski definition) is 2. The average molecular weight is 185 g/mol. The molecule has 0 saturated heterocycles. The van der Waals surface area contributed by atoms with E-state index in [0.29, 0.717) is 12.5 Å². The Morgan fingerprint density at radius 2 is 1.92 bits per heavy atom. The third-order valence-electron chi connectivity index (χ3n) is 3.15. The predicted octanol–water partition coefficient (Wildman–Crippen LogP) is 2.32. The SMILES string of the molecule is CCOCC(C)(N)C1CCCCC1. The minimum atomic E-state index is -0.101. The van der Waals surface area contributed by atoms with Gasteiger partial charge in [-0.1, -0.05) is 19.3 Å².